The summed E-state index contributed by atoms with van der Waals surface area (Å²) in [5.41, 5.74) is 0.336. The van der Waals surface area contributed by atoms with Gasteiger partial charge in [-0.15, -0.1) is 0 Å². The Labute approximate surface area is 158 Å². The Balaban J connectivity index is 1.33. The van der Waals surface area contributed by atoms with Crippen LogP contribution < -0.4 is 10.2 Å². The highest BCUT2D eigenvalue weighted by molar-refractivity contribution is 5.88. The van der Waals surface area contributed by atoms with Crippen LogP contribution in [0, 0.1) is 5.82 Å². The lowest BCUT2D eigenvalue weighted by Gasteiger charge is -2.39. The molecule has 3 heterocycles. The van der Waals surface area contributed by atoms with Gasteiger partial charge in [-0.2, -0.15) is 0 Å². The average molecular weight is 375 g/mol. The van der Waals surface area contributed by atoms with Crippen LogP contribution in [0.4, 0.5) is 15.0 Å². The van der Waals surface area contributed by atoms with Gasteiger partial charge in [0.25, 0.3) is 0 Å². The maximum absolute atomic E-state index is 13.3. The normalized spacial score (nSPS) is 19.1. The number of benzene rings is 1. The summed E-state index contributed by atoms with van der Waals surface area (Å²) in [5, 5.41) is 7.88. The second-order valence-electron chi connectivity index (χ2n) is 7.92. The minimum absolute atomic E-state index is 0.0409. The first-order valence-corrected chi connectivity index (χ1v) is 9.52. The fourth-order valence-corrected chi connectivity index (χ4v) is 3.93. The van der Waals surface area contributed by atoms with E-state index in [2.05, 4.69) is 34.1 Å². The first-order valence-electron chi connectivity index (χ1n) is 9.52. The van der Waals surface area contributed by atoms with E-state index in [1.54, 1.807) is 6.07 Å². The summed E-state index contributed by atoms with van der Waals surface area (Å²) in [6, 6.07) is 4.58. The van der Waals surface area contributed by atoms with Gasteiger partial charge in [-0.1, -0.05) is 5.16 Å². The molecular weight excluding hydrogens is 349 g/mol. The number of hydrogen-bond donors (Lipinski definition) is 1. The highest BCUT2D eigenvalue weighted by Gasteiger charge is 2.34. The van der Waals surface area contributed by atoms with Crippen LogP contribution in [-0.2, 0) is 0 Å². The van der Waals surface area contributed by atoms with Crippen molar-refractivity contribution in [1.29, 1.82) is 0 Å². The van der Waals surface area contributed by atoms with E-state index >= 15 is 0 Å². The molecule has 146 valence electrons. The smallest absolute Gasteiger partial charge is 0.317 e. The quantitative estimate of drug-likeness (QED) is 0.869. The van der Waals surface area contributed by atoms with Crippen LogP contribution in [0.15, 0.2) is 22.7 Å². The zero-order chi connectivity index (χ0) is 19.0. The molecule has 0 bridgehead atoms. The molecule has 2 aliphatic rings. The number of halogens is 1. The van der Waals surface area contributed by atoms with Gasteiger partial charge >= 0.3 is 6.03 Å². The van der Waals surface area contributed by atoms with Crippen LogP contribution >= 0.6 is 0 Å². The Kier molecular flexibility index (Phi) is 4.67. The Morgan fingerprint density at radius 2 is 2.00 bits per heavy atom. The molecule has 2 aromatic rings. The topological polar surface area (TPSA) is 64.9 Å². The molecule has 8 heteroatoms. The third kappa shape index (κ3) is 3.58. The van der Waals surface area contributed by atoms with E-state index in [-0.39, 0.29) is 17.4 Å². The molecule has 0 aliphatic carbocycles. The molecule has 1 N–H and O–H groups in total. The number of hydrogen-bond acceptors (Lipinski definition) is 5. The fourth-order valence-electron chi connectivity index (χ4n) is 3.93. The Bertz CT molecular complexity index is 829. The molecule has 0 radical (unpaired) electrons. The lowest BCUT2D eigenvalue weighted by atomic mass is 9.98. The van der Waals surface area contributed by atoms with Gasteiger partial charge in [0, 0.05) is 57.4 Å². The molecule has 27 heavy (non-hydrogen) atoms. The SMILES string of the molecule is CC(C)(CCN1CCN(c2noc3cc(F)ccc23)CC1)N1CCNC1=O. The lowest BCUT2D eigenvalue weighted by molar-refractivity contribution is 0.134. The Morgan fingerprint density at radius 3 is 2.70 bits per heavy atom. The third-order valence-corrected chi connectivity index (χ3v) is 5.71. The van der Waals surface area contributed by atoms with E-state index in [1.807, 2.05) is 4.90 Å². The number of fused-ring (bicyclic) bond motifs is 1. The zero-order valence-corrected chi connectivity index (χ0v) is 15.9. The van der Waals surface area contributed by atoms with Crippen molar-refractivity contribution in [3.63, 3.8) is 0 Å². The maximum atomic E-state index is 13.3. The standard InChI is InChI=1S/C19H26FN5O2/c1-19(2,25-8-6-21-18(25)26)5-7-23-9-11-24(12-10-23)17-15-4-3-14(20)13-16(15)27-22-17/h3-4,13H,5-12H2,1-2H3,(H,21,26). The maximum Gasteiger partial charge on any atom is 0.317 e. The molecule has 1 aromatic carbocycles. The minimum atomic E-state index is -0.315. The Hall–Kier alpha value is -2.35. The van der Waals surface area contributed by atoms with Crippen molar-refractivity contribution in [2.45, 2.75) is 25.8 Å². The molecule has 0 spiro atoms. The van der Waals surface area contributed by atoms with Gasteiger partial charge in [0.1, 0.15) is 5.82 Å². The molecule has 7 nitrogen and oxygen atoms in total. The van der Waals surface area contributed by atoms with Crippen molar-refractivity contribution in [1.82, 2.24) is 20.3 Å². The number of aromatic nitrogens is 1. The van der Waals surface area contributed by atoms with Crippen molar-refractivity contribution in [3.8, 4) is 0 Å². The Morgan fingerprint density at radius 1 is 1.22 bits per heavy atom. The van der Waals surface area contributed by atoms with E-state index in [4.69, 9.17) is 4.52 Å². The second-order valence-corrected chi connectivity index (χ2v) is 7.92. The van der Waals surface area contributed by atoms with Crippen LogP contribution in [0.1, 0.15) is 20.3 Å². The fraction of sp³-hybridized carbons (Fsp3) is 0.579. The van der Waals surface area contributed by atoms with Crippen molar-refractivity contribution in [3.05, 3.63) is 24.0 Å². The van der Waals surface area contributed by atoms with Gasteiger partial charge in [-0.3, -0.25) is 4.90 Å². The molecule has 2 saturated heterocycles. The number of amides is 2. The van der Waals surface area contributed by atoms with Gasteiger partial charge in [0.05, 0.1) is 5.39 Å². The highest BCUT2D eigenvalue weighted by atomic mass is 19.1. The van der Waals surface area contributed by atoms with E-state index in [1.165, 1.54) is 12.1 Å². The average Bonchev–Trinajstić information content (AvgIpc) is 3.26. The number of carbonyl (C=O) groups is 1. The summed E-state index contributed by atoms with van der Waals surface area (Å²) in [4.78, 5) is 18.5. The third-order valence-electron chi connectivity index (χ3n) is 5.71. The molecular formula is C19H26FN5O2. The van der Waals surface area contributed by atoms with Gasteiger partial charge in [-0.05, 0) is 32.4 Å². The van der Waals surface area contributed by atoms with Crippen molar-refractivity contribution in [2.75, 3.05) is 50.7 Å². The van der Waals surface area contributed by atoms with Crippen molar-refractivity contribution >= 4 is 22.8 Å². The number of nitrogens with zero attached hydrogens (tertiary/aromatic N) is 4. The second kappa shape index (κ2) is 6.99. The van der Waals surface area contributed by atoms with Gasteiger partial charge in [0.2, 0.25) is 0 Å². The molecule has 0 unspecified atom stereocenters. The molecule has 2 aliphatic heterocycles. The van der Waals surface area contributed by atoms with Crippen LogP contribution in [0.2, 0.25) is 0 Å². The van der Waals surface area contributed by atoms with E-state index < -0.39 is 0 Å². The van der Waals surface area contributed by atoms with E-state index in [0.29, 0.717) is 5.58 Å². The molecule has 2 fully saturated rings. The zero-order valence-electron chi connectivity index (χ0n) is 15.9. The number of carbonyl (C=O) groups excluding carboxylic acids is 1. The van der Waals surface area contributed by atoms with Gasteiger partial charge in [-0.25, -0.2) is 9.18 Å². The summed E-state index contributed by atoms with van der Waals surface area (Å²) < 4.78 is 18.6. The number of rotatable bonds is 5. The number of anilines is 1. The van der Waals surface area contributed by atoms with Crippen molar-refractivity contribution in [2.24, 2.45) is 0 Å². The van der Waals surface area contributed by atoms with Crippen LogP contribution in [-0.4, -0.2) is 72.3 Å². The van der Waals surface area contributed by atoms with E-state index in [0.717, 1.165) is 63.4 Å². The number of nitrogens with one attached hydrogen (secondary N) is 1. The van der Waals surface area contributed by atoms with Gasteiger partial charge < -0.3 is 19.6 Å². The summed E-state index contributed by atoms with van der Waals surface area (Å²) in [7, 11) is 0. The first-order chi connectivity index (χ1) is 12.9. The minimum Gasteiger partial charge on any atom is -0.354 e. The predicted octanol–water partition coefficient (Wildman–Crippen LogP) is 2.28. The molecule has 0 saturated carbocycles. The molecule has 1 aromatic heterocycles. The molecule has 4 rings (SSSR count). The molecule has 0 atom stereocenters. The van der Waals surface area contributed by atoms with E-state index in [9.17, 15) is 9.18 Å². The summed E-state index contributed by atoms with van der Waals surface area (Å²) in [5.74, 6) is 0.475. The lowest BCUT2D eigenvalue weighted by Crippen LogP contribution is -2.51. The highest BCUT2D eigenvalue weighted by Crippen LogP contribution is 2.28. The van der Waals surface area contributed by atoms with Crippen molar-refractivity contribution < 1.29 is 13.7 Å². The van der Waals surface area contributed by atoms with Crippen LogP contribution in [0.3, 0.4) is 0 Å². The summed E-state index contributed by atoms with van der Waals surface area (Å²) >= 11 is 0. The summed E-state index contributed by atoms with van der Waals surface area (Å²) in [6.45, 7) is 10.3. The number of piperazine rings is 1. The van der Waals surface area contributed by atoms with Crippen LogP contribution in [0.25, 0.3) is 11.0 Å². The summed E-state index contributed by atoms with van der Waals surface area (Å²) in [6.07, 6.45) is 0.937. The predicted molar refractivity (Wildman–Crippen MR) is 101 cm³/mol. The van der Waals surface area contributed by atoms with Crippen LogP contribution in [0.5, 0.6) is 0 Å². The largest absolute Gasteiger partial charge is 0.354 e. The first kappa shape index (κ1) is 18.0. The monoisotopic (exact) mass is 375 g/mol. The van der Waals surface area contributed by atoms with Gasteiger partial charge in [0.15, 0.2) is 11.4 Å². The number of urea groups is 1. The molecule has 2 amide bonds.